The first kappa shape index (κ1) is 21.0. The summed E-state index contributed by atoms with van der Waals surface area (Å²) in [5.74, 6) is 0. The van der Waals surface area contributed by atoms with Crippen LogP contribution >= 0.6 is 0 Å². The van der Waals surface area contributed by atoms with Gasteiger partial charge in [-0.3, -0.25) is 0 Å². The first-order valence-electron chi connectivity index (χ1n) is 10.2. The van der Waals surface area contributed by atoms with Crippen LogP contribution in [0.3, 0.4) is 0 Å². The van der Waals surface area contributed by atoms with E-state index in [4.69, 9.17) is 18.9 Å². The Labute approximate surface area is 168 Å². The number of ether oxygens (including phenoxy) is 4. The SMILES string of the molecule is CCCOCC1(COCCOCCOC)c2ccccc2-c2cc(C)ccc21. The smallest absolute Gasteiger partial charge is 0.0701 e. The molecule has 0 aliphatic heterocycles. The summed E-state index contributed by atoms with van der Waals surface area (Å²) in [6.45, 7) is 8.57. The summed E-state index contributed by atoms with van der Waals surface area (Å²) in [7, 11) is 1.68. The van der Waals surface area contributed by atoms with Gasteiger partial charge in [-0.2, -0.15) is 0 Å². The molecule has 1 aliphatic rings. The first-order chi connectivity index (χ1) is 13.7. The molecule has 152 valence electrons. The molecule has 3 rings (SSSR count). The fourth-order valence-corrected chi connectivity index (χ4v) is 3.93. The third-order valence-electron chi connectivity index (χ3n) is 5.27. The summed E-state index contributed by atoms with van der Waals surface area (Å²) in [4.78, 5) is 0. The monoisotopic (exact) mass is 384 g/mol. The van der Waals surface area contributed by atoms with E-state index in [1.807, 2.05) is 0 Å². The minimum atomic E-state index is -0.276. The fraction of sp³-hybridized carbons (Fsp3) is 0.500. The van der Waals surface area contributed by atoms with Crippen LogP contribution < -0.4 is 0 Å². The molecule has 4 nitrogen and oxygen atoms in total. The van der Waals surface area contributed by atoms with Gasteiger partial charge in [-0.15, -0.1) is 0 Å². The number of aryl methyl sites for hydroxylation is 1. The molecule has 0 bridgehead atoms. The highest BCUT2D eigenvalue weighted by Gasteiger charge is 2.43. The van der Waals surface area contributed by atoms with Crippen molar-refractivity contribution < 1.29 is 18.9 Å². The maximum Gasteiger partial charge on any atom is 0.0701 e. The van der Waals surface area contributed by atoms with Crippen LogP contribution in [0, 0.1) is 6.92 Å². The van der Waals surface area contributed by atoms with Crippen LogP contribution in [0.2, 0.25) is 0 Å². The molecule has 0 spiro atoms. The summed E-state index contributed by atoms with van der Waals surface area (Å²) in [6, 6.07) is 15.4. The molecular formula is C24H32O4. The van der Waals surface area contributed by atoms with Crippen molar-refractivity contribution >= 4 is 0 Å². The largest absolute Gasteiger partial charge is 0.382 e. The standard InChI is InChI=1S/C24H32O4/c1-4-11-27-17-24(18-28-15-14-26-13-12-25-3)22-8-6-5-7-20(22)21-16-19(2)9-10-23(21)24/h5-10,16H,4,11-15,17-18H2,1-3H3. The Hall–Kier alpha value is -1.72. The molecule has 0 aromatic heterocycles. The Morgan fingerprint density at radius 3 is 2.21 bits per heavy atom. The summed E-state index contributed by atoms with van der Waals surface area (Å²) >= 11 is 0. The van der Waals surface area contributed by atoms with Gasteiger partial charge in [-0.25, -0.2) is 0 Å². The highest BCUT2D eigenvalue weighted by molar-refractivity contribution is 5.81. The predicted octanol–water partition coefficient (Wildman–Crippen LogP) is 4.37. The van der Waals surface area contributed by atoms with E-state index in [1.165, 1.54) is 27.8 Å². The second-order valence-corrected chi connectivity index (χ2v) is 7.39. The van der Waals surface area contributed by atoms with Crippen molar-refractivity contribution in [1.82, 2.24) is 0 Å². The van der Waals surface area contributed by atoms with Crippen molar-refractivity contribution in [2.24, 2.45) is 0 Å². The summed E-state index contributed by atoms with van der Waals surface area (Å²) in [6.07, 6.45) is 1.01. The number of hydrogen-bond acceptors (Lipinski definition) is 4. The Morgan fingerprint density at radius 2 is 1.43 bits per heavy atom. The predicted molar refractivity (Wildman–Crippen MR) is 112 cm³/mol. The maximum atomic E-state index is 6.13. The Bertz CT molecular complexity index is 758. The van der Waals surface area contributed by atoms with Gasteiger partial charge in [0.05, 0.1) is 45.1 Å². The Morgan fingerprint density at radius 1 is 0.750 bits per heavy atom. The van der Waals surface area contributed by atoms with Crippen molar-refractivity contribution in [3.8, 4) is 11.1 Å². The lowest BCUT2D eigenvalue weighted by atomic mass is 9.79. The van der Waals surface area contributed by atoms with Gasteiger partial charge in [0.2, 0.25) is 0 Å². The van der Waals surface area contributed by atoms with Crippen molar-refractivity contribution in [1.29, 1.82) is 0 Å². The zero-order valence-corrected chi connectivity index (χ0v) is 17.3. The first-order valence-corrected chi connectivity index (χ1v) is 10.2. The Balaban J connectivity index is 1.82. The molecule has 2 aromatic rings. The number of hydrogen-bond donors (Lipinski definition) is 0. The molecule has 28 heavy (non-hydrogen) atoms. The van der Waals surface area contributed by atoms with E-state index in [0.717, 1.165) is 13.0 Å². The molecule has 0 heterocycles. The highest BCUT2D eigenvalue weighted by atomic mass is 16.5. The van der Waals surface area contributed by atoms with E-state index in [2.05, 4.69) is 56.3 Å². The topological polar surface area (TPSA) is 36.9 Å². The molecule has 0 saturated carbocycles. The second kappa shape index (κ2) is 10.2. The van der Waals surface area contributed by atoms with Crippen LogP contribution in [-0.4, -0.2) is 53.4 Å². The van der Waals surface area contributed by atoms with E-state index in [1.54, 1.807) is 7.11 Å². The van der Waals surface area contributed by atoms with E-state index in [9.17, 15) is 0 Å². The molecular weight excluding hydrogens is 352 g/mol. The fourth-order valence-electron chi connectivity index (χ4n) is 3.93. The highest BCUT2D eigenvalue weighted by Crippen LogP contribution is 2.49. The summed E-state index contributed by atoms with van der Waals surface area (Å²) in [5, 5.41) is 0. The number of fused-ring (bicyclic) bond motifs is 3. The molecule has 1 aliphatic carbocycles. The van der Waals surface area contributed by atoms with E-state index in [0.29, 0.717) is 39.6 Å². The molecule has 0 saturated heterocycles. The van der Waals surface area contributed by atoms with Crippen molar-refractivity contribution in [2.75, 3.05) is 53.4 Å². The molecule has 0 radical (unpaired) electrons. The zero-order valence-electron chi connectivity index (χ0n) is 17.3. The lowest BCUT2D eigenvalue weighted by molar-refractivity contribution is -0.00101. The van der Waals surface area contributed by atoms with Gasteiger partial charge in [0, 0.05) is 13.7 Å². The lowest BCUT2D eigenvalue weighted by Gasteiger charge is -2.31. The van der Waals surface area contributed by atoms with Crippen LogP contribution in [-0.2, 0) is 24.4 Å². The third kappa shape index (κ3) is 4.47. The number of methoxy groups -OCH3 is 1. The van der Waals surface area contributed by atoms with E-state index >= 15 is 0 Å². The van der Waals surface area contributed by atoms with Crippen LogP contribution in [0.1, 0.15) is 30.0 Å². The van der Waals surface area contributed by atoms with Crippen LogP contribution in [0.15, 0.2) is 42.5 Å². The summed E-state index contributed by atoms with van der Waals surface area (Å²) < 4.78 is 22.8. The molecule has 2 aromatic carbocycles. The van der Waals surface area contributed by atoms with Gasteiger partial charge < -0.3 is 18.9 Å². The quantitative estimate of drug-likeness (QED) is 0.509. The van der Waals surface area contributed by atoms with E-state index < -0.39 is 0 Å². The molecule has 0 amide bonds. The Kier molecular flexibility index (Phi) is 7.63. The average molecular weight is 385 g/mol. The molecule has 1 atom stereocenters. The number of rotatable bonds is 12. The van der Waals surface area contributed by atoms with E-state index in [-0.39, 0.29) is 5.41 Å². The van der Waals surface area contributed by atoms with Gasteiger partial charge in [-0.1, -0.05) is 55.0 Å². The van der Waals surface area contributed by atoms with Crippen LogP contribution in [0.4, 0.5) is 0 Å². The summed E-state index contributed by atoms with van der Waals surface area (Å²) in [5.41, 5.74) is 6.19. The van der Waals surface area contributed by atoms with Crippen molar-refractivity contribution in [3.05, 3.63) is 59.2 Å². The van der Waals surface area contributed by atoms with Crippen LogP contribution in [0.25, 0.3) is 11.1 Å². The molecule has 0 N–H and O–H groups in total. The van der Waals surface area contributed by atoms with Gasteiger partial charge in [0.1, 0.15) is 0 Å². The minimum Gasteiger partial charge on any atom is -0.382 e. The van der Waals surface area contributed by atoms with Crippen LogP contribution in [0.5, 0.6) is 0 Å². The average Bonchev–Trinajstić information content (AvgIpc) is 2.97. The second-order valence-electron chi connectivity index (χ2n) is 7.39. The van der Waals surface area contributed by atoms with Gasteiger partial charge >= 0.3 is 0 Å². The third-order valence-corrected chi connectivity index (χ3v) is 5.27. The normalized spacial score (nSPS) is 17.5. The lowest BCUT2D eigenvalue weighted by Crippen LogP contribution is -2.37. The maximum absolute atomic E-state index is 6.13. The minimum absolute atomic E-state index is 0.276. The van der Waals surface area contributed by atoms with Gasteiger partial charge in [-0.05, 0) is 35.6 Å². The number of benzene rings is 2. The van der Waals surface area contributed by atoms with Crippen molar-refractivity contribution in [3.63, 3.8) is 0 Å². The van der Waals surface area contributed by atoms with Gasteiger partial charge in [0.15, 0.2) is 0 Å². The van der Waals surface area contributed by atoms with Gasteiger partial charge in [0.25, 0.3) is 0 Å². The molecule has 1 unspecified atom stereocenters. The molecule has 0 fully saturated rings. The zero-order chi connectivity index (χ0) is 19.8. The van der Waals surface area contributed by atoms with Crippen molar-refractivity contribution in [2.45, 2.75) is 25.7 Å². The molecule has 4 heteroatoms.